The summed E-state index contributed by atoms with van der Waals surface area (Å²) >= 11 is 0. The second kappa shape index (κ2) is 6.87. The van der Waals surface area contributed by atoms with Crippen LogP contribution in [-0.4, -0.2) is 67.0 Å². The summed E-state index contributed by atoms with van der Waals surface area (Å²) in [4.78, 5) is 43.3. The van der Waals surface area contributed by atoms with Gasteiger partial charge in [0.1, 0.15) is 5.41 Å². The van der Waals surface area contributed by atoms with Crippen LogP contribution in [0.3, 0.4) is 0 Å². The van der Waals surface area contributed by atoms with Crippen LogP contribution in [-0.2, 0) is 20.7 Å². The summed E-state index contributed by atoms with van der Waals surface area (Å²) in [5, 5.41) is 0. The lowest BCUT2D eigenvalue weighted by atomic mass is 10.0. The van der Waals surface area contributed by atoms with E-state index in [9.17, 15) is 14.4 Å². The number of hydrogen-bond donors (Lipinski definition) is 0. The lowest BCUT2D eigenvalue weighted by molar-refractivity contribution is -0.144. The Balaban J connectivity index is 1.42. The Kier molecular flexibility index (Phi) is 4.53. The molecule has 0 atom stereocenters. The van der Waals surface area contributed by atoms with Gasteiger partial charge < -0.3 is 19.4 Å². The van der Waals surface area contributed by atoms with Crippen molar-refractivity contribution in [1.82, 2.24) is 9.80 Å². The van der Waals surface area contributed by atoms with E-state index in [0.717, 1.165) is 17.7 Å². The summed E-state index contributed by atoms with van der Waals surface area (Å²) in [7, 11) is 0. The number of fused-ring (bicyclic) bond motifs is 1. The van der Waals surface area contributed by atoms with E-state index in [4.69, 9.17) is 4.74 Å². The maximum absolute atomic E-state index is 13.2. The molecule has 0 N–H and O–H groups in total. The fourth-order valence-electron chi connectivity index (χ4n) is 4.06. The summed E-state index contributed by atoms with van der Waals surface area (Å²) in [5.74, 6) is -0.148. The third-order valence-corrected chi connectivity index (χ3v) is 5.79. The largest absolute Gasteiger partial charge is 0.450 e. The fraction of sp³-hybridized carbons (Fsp3) is 0.550. The predicted molar refractivity (Wildman–Crippen MR) is 99.3 cm³/mol. The molecule has 0 aromatic heterocycles. The summed E-state index contributed by atoms with van der Waals surface area (Å²) in [6.07, 6.45) is 1.73. The number of para-hydroxylation sites is 1. The average Bonchev–Trinajstić information content (AvgIpc) is 3.40. The SMILES string of the molecule is CCOC(=O)N1CCN(C(=O)C2(C(=O)N3CCc4ccccc43)CC2)CC1. The van der Waals surface area contributed by atoms with Crippen LogP contribution in [0.4, 0.5) is 10.5 Å². The lowest BCUT2D eigenvalue weighted by Gasteiger charge is -2.36. The number of nitrogens with zero attached hydrogens (tertiary/aromatic N) is 3. The minimum absolute atomic E-state index is 0.0646. The van der Waals surface area contributed by atoms with Gasteiger partial charge in [0.15, 0.2) is 0 Å². The lowest BCUT2D eigenvalue weighted by Crippen LogP contribution is -2.54. The second-order valence-corrected chi connectivity index (χ2v) is 7.40. The summed E-state index contributed by atoms with van der Waals surface area (Å²) in [6, 6.07) is 7.91. The van der Waals surface area contributed by atoms with Crippen molar-refractivity contribution in [2.45, 2.75) is 26.2 Å². The first-order valence-corrected chi connectivity index (χ1v) is 9.68. The monoisotopic (exact) mass is 371 g/mol. The van der Waals surface area contributed by atoms with Gasteiger partial charge in [-0.1, -0.05) is 18.2 Å². The molecule has 7 heteroatoms. The van der Waals surface area contributed by atoms with Gasteiger partial charge in [0.05, 0.1) is 6.61 Å². The molecule has 0 unspecified atom stereocenters. The highest BCUT2D eigenvalue weighted by Gasteiger charge is 2.60. The highest BCUT2D eigenvalue weighted by Crippen LogP contribution is 2.50. The number of ether oxygens (including phenoxy) is 1. The van der Waals surface area contributed by atoms with Gasteiger partial charge in [0.2, 0.25) is 11.8 Å². The molecule has 2 heterocycles. The molecule has 27 heavy (non-hydrogen) atoms. The van der Waals surface area contributed by atoms with Crippen LogP contribution >= 0.6 is 0 Å². The Hall–Kier alpha value is -2.57. The average molecular weight is 371 g/mol. The van der Waals surface area contributed by atoms with Gasteiger partial charge in [-0.15, -0.1) is 0 Å². The predicted octanol–water partition coefficient (Wildman–Crippen LogP) is 1.66. The first-order valence-electron chi connectivity index (χ1n) is 9.68. The molecule has 144 valence electrons. The first-order chi connectivity index (χ1) is 13.1. The molecule has 3 aliphatic rings. The van der Waals surface area contributed by atoms with Gasteiger partial charge in [0.25, 0.3) is 0 Å². The molecule has 1 aromatic carbocycles. The van der Waals surface area contributed by atoms with Crippen molar-refractivity contribution in [3.8, 4) is 0 Å². The maximum Gasteiger partial charge on any atom is 0.409 e. The highest BCUT2D eigenvalue weighted by atomic mass is 16.6. The Morgan fingerprint density at radius 2 is 1.63 bits per heavy atom. The number of carbonyl (C=O) groups is 3. The number of carbonyl (C=O) groups excluding carboxylic acids is 3. The van der Waals surface area contributed by atoms with Crippen molar-refractivity contribution in [3.63, 3.8) is 0 Å². The van der Waals surface area contributed by atoms with E-state index in [2.05, 4.69) is 0 Å². The van der Waals surface area contributed by atoms with Crippen LogP contribution in [0.25, 0.3) is 0 Å². The Labute approximate surface area is 158 Å². The van der Waals surface area contributed by atoms with Crippen LogP contribution in [0.2, 0.25) is 0 Å². The van der Waals surface area contributed by atoms with Crippen LogP contribution < -0.4 is 4.90 Å². The Morgan fingerprint density at radius 3 is 2.30 bits per heavy atom. The summed E-state index contributed by atoms with van der Waals surface area (Å²) in [6.45, 7) is 4.54. The zero-order valence-corrected chi connectivity index (χ0v) is 15.6. The van der Waals surface area contributed by atoms with Crippen molar-refractivity contribution < 1.29 is 19.1 Å². The Morgan fingerprint density at radius 1 is 0.963 bits per heavy atom. The quantitative estimate of drug-likeness (QED) is 0.758. The summed E-state index contributed by atoms with van der Waals surface area (Å²) in [5.41, 5.74) is 1.20. The van der Waals surface area contributed by atoms with Crippen LogP contribution in [0.1, 0.15) is 25.3 Å². The van der Waals surface area contributed by atoms with Crippen molar-refractivity contribution in [2.75, 3.05) is 44.2 Å². The molecule has 1 saturated carbocycles. The van der Waals surface area contributed by atoms with E-state index in [1.807, 2.05) is 24.3 Å². The minimum Gasteiger partial charge on any atom is -0.450 e. The van der Waals surface area contributed by atoms with Gasteiger partial charge in [-0.3, -0.25) is 9.59 Å². The fourth-order valence-corrected chi connectivity index (χ4v) is 4.06. The van der Waals surface area contributed by atoms with Crippen molar-refractivity contribution in [2.24, 2.45) is 5.41 Å². The van der Waals surface area contributed by atoms with Gasteiger partial charge in [0, 0.05) is 38.4 Å². The van der Waals surface area contributed by atoms with E-state index < -0.39 is 5.41 Å². The van der Waals surface area contributed by atoms with Gasteiger partial charge >= 0.3 is 6.09 Å². The third kappa shape index (κ3) is 3.05. The number of amides is 3. The number of rotatable bonds is 3. The molecule has 0 bridgehead atoms. The maximum atomic E-state index is 13.2. The molecule has 3 amide bonds. The molecule has 4 rings (SSSR count). The van der Waals surface area contributed by atoms with Crippen LogP contribution in [0.15, 0.2) is 24.3 Å². The van der Waals surface area contributed by atoms with Gasteiger partial charge in [-0.2, -0.15) is 0 Å². The first kappa shape index (κ1) is 17.8. The highest BCUT2D eigenvalue weighted by molar-refractivity contribution is 6.14. The van der Waals surface area contributed by atoms with Crippen LogP contribution in [0, 0.1) is 5.41 Å². The summed E-state index contributed by atoms with van der Waals surface area (Å²) < 4.78 is 5.02. The zero-order valence-electron chi connectivity index (χ0n) is 15.6. The van der Waals surface area contributed by atoms with E-state index in [1.165, 1.54) is 0 Å². The van der Waals surface area contributed by atoms with Crippen LogP contribution in [0.5, 0.6) is 0 Å². The topological polar surface area (TPSA) is 70.2 Å². The molecule has 0 spiro atoms. The molecule has 7 nitrogen and oxygen atoms in total. The number of hydrogen-bond acceptors (Lipinski definition) is 4. The number of piperazine rings is 1. The van der Waals surface area contributed by atoms with Gasteiger partial charge in [-0.05, 0) is 37.8 Å². The van der Waals surface area contributed by atoms with E-state index in [0.29, 0.717) is 52.2 Å². The van der Waals surface area contributed by atoms with Crippen molar-refractivity contribution in [3.05, 3.63) is 29.8 Å². The molecule has 1 saturated heterocycles. The molecule has 0 radical (unpaired) electrons. The van der Waals surface area contributed by atoms with Crippen molar-refractivity contribution >= 4 is 23.6 Å². The minimum atomic E-state index is -0.899. The van der Waals surface area contributed by atoms with Gasteiger partial charge in [-0.25, -0.2) is 4.79 Å². The number of anilines is 1. The molecule has 2 aliphatic heterocycles. The smallest absolute Gasteiger partial charge is 0.409 e. The van der Waals surface area contributed by atoms with E-state index in [-0.39, 0.29) is 17.9 Å². The van der Waals surface area contributed by atoms with E-state index in [1.54, 1.807) is 21.6 Å². The second-order valence-electron chi connectivity index (χ2n) is 7.40. The molecule has 1 aliphatic carbocycles. The van der Waals surface area contributed by atoms with Crippen molar-refractivity contribution in [1.29, 1.82) is 0 Å². The molecular formula is C20H25N3O4. The normalized spacial score (nSPS) is 20.3. The molecular weight excluding hydrogens is 346 g/mol. The molecule has 2 fully saturated rings. The number of benzene rings is 1. The zero-order chi connectivity index (χ0) is 19.0. The molecule has 1 aromatic rings. The standard InChI is InChI=1S/C20H25N3O4/c1-2-27-19(26)22-13-11-21(12-14-22)17(24)20(8-9-20)18(25)23-10-7-15-5-3-4-6-16(15)23/h3-6H,2,7-14H2,1H3. The Bertz CT molecular complexity index is 766. The van der Waals surface area contributed by atoms with E-state index >= 15 is 0 Å². The third-order valence-electron chi connectivity index (χ3n) is 5.79.